The normalized spacial score (nSPS) is 21.1. The average molecular weight is 385 g/mol. The fraction of sp³-hybridized carbons (Fsp3) is 0.571. The highest BCUT2D eigenvalue weighted by Gasteiger charge is 2.29. The van der Waals surface area contributed by atoms with Crippen LogP contribution in [0.1, 0.15) is 60.0 Å². The molecule has 1 atom stereocenters. The van der Waals surface area contributed by atoms with Gasteiger partial charge in [-0.05, 0) is 57.0 Å². The molecule has 3 heterocycles. The smallest absolute Gasteiger partial charge is 0.253 e. The zero-order chi connectivity index (χ0) is 19.5. The quantitative estimate of drug-likeness (QED) is 0.812. The molecule has 4 rings (SSSR count). The van der Waals surface area contributed by atoms with Crippen LogP contribution in [0.4, 0.5) is 4.39 Å². The van der Waals surface area contributed by atoms with E-state index in [1.54, 1.807) is 12.1 Å². The van der Waals surface area contributed by atoms with Crippen LogP contribution in [0.15, 0.2) is 24.3 Å². The van der Waals surface area contributed by atoms with Crippen molar-refractivity contribution in [1.82, 2.24) is 24.6 Å². The van der Waals surface area contributed by atoms with E-state index in [0.29, 0.717) is 18.7 Å². The predicted molar refractivity (Wildman–Crippen MR) is 104 cm³/mol. The van der Waals surface area contributed by atoms with Crippen molar-refractivity contribution in [2.45, 2.75) is 44.6 Å². The van der Waals surface area contributed by atoms with Crippen LogP contribution < -0.4 is 0 Å². The highest BCUT2D eigenvalue weighted by Crippen LogP contribution is 2.27. The van der Waals surface area contributed by atoms with Gasteiger partial charge in [0, 0.05) is 31.6 Å². The Bertz CT molecular complexity index is 830. The molecule has 2 aromatic rings. The number of carbonyl (C=O) groups excluding carboxylic acids is 1. The van der Waals surface area contributed by atoms with Gasteiger partial charge in [-0.2, -0.15) is 0 Å². The van der Waals surface area contributed by atoms with Crippen molar-refractivity contribution in [2.75, 3.05) is 26.2 Å². The molecule has 1 unspecified atom stereocenters. The second kappa shape index (κ2) is 8.39. The summed E-state index contributed by atoms with van der Waals surface area (Å²) in [5.41, 5.74) is 0.407. The summed E-state index contributed by atoms with van der Waals surface area (Å²) in [5, 5.41) is 8.92. The van der Waals surface area contributed by atoms with Crippen LogP contribution in [0.25, 0.3) is 0 Å². The van der Waals surface area contributed by atoms with Crippen molar-refractivity contribution in [3.63, 3.8) is 0 Å². The summed E-state index contributed by atoms with van der Waals surface area (Å²) in [6.07, 6.45) is 5.73. The molecule has 28 heavy (non-hydrogen) atoms. The number of aromatic nitrogens is 3. The Hall–Kier alpha value is -2.28. The van der Waals surface area contributed by atoms with Gasteiger partial charge in [-0.1, -0.05) is 12.5 Å². The Morgan fingerprint density at radius 2 is 1.96 bits per heavy atom. The minimum Gasteiger partial charge on any atom is -0.338 e. The van der Waals surface area contributed by atoms with Crippen molar-refractivity contribution >= 4 is 5.91 Å². The minimum absolute atomic E-state index is 0.111. The molecule has 2 fully saturated rings. The van der Waals surface area contributed by atoms with E-state index in [1.807, 2.05) is 11.9 Å². The maximum absolute atomic E-state index is 13.5. The van der Waals surface area contributed by atoms with E-state index < -0.39 is 0 Å². The molecule has 2 saturated heterocycles. The number of amides is 1. The molecule has 2 aliphatic heterocycles. The van der Waals surface area contributed by atoms with Crippen molar-refractivity contribution in [2.24, 2.45) is 7.05 Å². The molecule has 1 aromatic carbocycles. The molecule has 1 aromatic heterocycles. The Morgan fingerprint density at radius 3 is 2.75 bits per heavy atom. The second-order valence-electron chi connectivity index (χ2n) is 7.97. The Morgan fingerprint density at radius 1 is 1.14 bits per heavy atom. The topological polar surface area (TPSA) is 54.3 Å². The first kappa shape index (κ1) is 19.1. The highest BCUT2D eigenvalue weighted by atomic mass is 19.1. The molecule has 0 radical (unpaired) electrons. The lowest BCUT2D eigenvalue weighted by Crippen LogP contribution is -2.39. The number of rotatable bonds is 4. The number of nitrogens with zero attached hydrogens (tertiary/aromatic N) is 5. The highest BCUT2D eigenvalue weighted by molar-refractivity contribution is 5.94. The van der Waals surface area contributed by atoms with Crippen LogP contribution >= 0.6 is 0 Å². The Labute approximate surface area is 165 Å². The summed E-state index contributed by atoms with van der Waals surface area (Å²) >= 11 is 0. The van der Waals surface area contributed by atoms with Gasteiger partial charge in [-0.3, -0.25) is 9.69 Å². The lowest BCUT2D eigenvalue weighted by Gasteiger charge is -2.32. The maximum Gasteiger partial charge on any atom is 0.253 e. The van der Waals surface area contributed by atoms with E-state index in [2.05, 4.69) is 19.7 Å². The third-order valence-corrected chi connectivity index (χ3v) is 5.96. The van der Waals surface area contributed by atoms with Crippen LogP contribution in [-0.2, 0) is 13.6 Å². The minimum atomic E-state index is -0.380. The van der Waals surface area contributed by atoms with E-state index in [4.69, 9.17) is 0 Å². The average Bonchev–Trinajstić information content (AvgIpc) is 3.08. The number of benzene rings is 1. The monoisotopic (exact) mass is 385 g/mol. The van der Waals surface area contributed by atoms with Gasteiger partial charge in [0.05, 0.1) is 6.54 Å². The van der Waals surface area contributed by atoms with E-state index >= 15 is 0 Å². The van der Waals surface area contributed by atoms with Crippen LogP contribution in [0.3, 0.4) is 0 Å². The molecule has 0 aliphatic carbocycles. The van der Waals surface area contributed by atoms with Crippen molar-refractivity contribution in [3.05, 3.63) is 47.3 Å². The number of likely N-dealkylation sites (tertiary alicyclic amines) is 2. The zero-order valence-corrected chi connectivity index (χ0v) is 16.5. The summed E-state index contributed by atoms with van der Waals surface area (Å²) in [5.74, 6) is 1.61. The Kier molecular flexibility index (Phi) is 5.71. The van der Waals surface area contributed by atoms with Crippen molar-refractivity contribution in [1.29, 1.82) is 0 Å². The number of piperidine rings is 2. The number of hydrogen-bond donors (Lipinski definition) is 0. The molecular formula is C21H28FN5O. The number of hydrogen-bond acceptors (Lipinski definition) is 4. The lowest BCUT2D eigenvalue weighted by molar-refractivity contribution is 0.0703. The van der Waals surface area contributed by atoms with Gasteiger partial charge in [-0.25, -0.2) is 4.39 Å². The first-order chi connectivity index (χ1) is 13.6. The molecule has 0 N–H and O–H groups in total. The summed E-state index contributed by atoms with van der Waals surface area (Å²) in [4.78, 5) is 17.1. The van der Waals surface area contributed by atoms with E-state index in [0.717, 1.165) is 44.1 Å². The van der Waals surface area contributed by atoms with Gasteiger partial charge in [0.25, 0.3) is 5.91 Å². The SMILES string of the molecule is Cn1c(CN2CCCCC2)nnc1C1CCCN(C(=O)c2cccc(F)c2)C1. The first-order valence-corrected chi connectivity index (χ1v) is 10.3. The molecule has 2 aliphatic rings. The third-order valence-electron chi connectivity index (χ3n) is 5.96. The van der Waals surface area contributed by atoms with Gasteiger partial charge in [0.1, 0.15) is 17.5 Å². The van der Waals surface area contributed by atoms with Gasteiger partial charge < -0.3 is 9.47 Å². The number of halogens is 1. The zero-order valence-electron chi connectivity index (χ0n) is 16.5. The summed E-state index contributed by atoms with van der Waals surface area (Å²) in [7, 11) is 2.03. The van der Waals surface area contributed by atoms with Crippen LogP contribution in [0.5, 0.6) is 0 Å². The van der Waals surface area contributed by atoms with E-state index in [1.165, 1.54) is 31.4 Å². The fourth-order valence-corrected chi connectivity index (χ4v) is 4.36. The maximum atomic E-state index is 13.5. The first-order valence-electron chi connectivity index (χ1n) is 10.3. The van der Waals surface area contributed by atoms with Gasteiger partial charge in [-0.15, -0.1) is 10.2 Å². The summed E-state index contributed by atoms with van der Waals surface area (Å²) < 4.78 is 15.6. The molecular weight excluding hydrogens is 357 g/mol. The van der Waals surface area contributed by atoms with Crippen LogP contribution in [-0.4, -0.2) is 56.7 Å². The van der Waals surface area contributed by atoms with E-state index in [9.17, 15) is 9.18 Å². The predicted octanol–water partition coefficient (Wildman–Crippen LogP) is 2.96. The van der Waals surface area contributed by atoms with Gasteiger partial charge in [0.15, 0.2) is 0 Å². The molecule has 7 heteroatoms. The van der Waals surface area contributed by atoms with Crippen molar-refractivity contribution in [3.8, 4) is 0 Å². The second-order valence-corrected chi connectivity index (χ2v) is 7.97. The summed E-state index contributed by atoms with van der Waals surface area (Å²) in [6, 6.07) is 5.93. The third kappa shape index (κ3) is 4.09. The Balaban J connectivity index is 1.45. The standard InChI is InChI=1S/C21H28FN5O/c1-25-19(15-26-10-3-2-4-11-26)23-24-20(25)17-8-6-12-27(14-17)21(28)16-7-5-9-18(22)13-16/h5,7,9,13,17H,2-4,6,8,10-12,14-15H2,1H3. The molecule has 150 valence electrons. The molecule has 0 saturated carbocycles. The largest absolute Gasteiger partial charge is 0.338 e. The van der Waals surface area contributed by atoms with Crippen LogP contribution in [0.2, 0.25) is 0 Å². The lowest BCUT2D eigenvalue weighted by atomic mass is 9.96. The van der Waals surface area contributed by atoms with Crippen LogP contribution in [0, 0.1) is 5.82 Å². The number of carbonyl (C=O) groups is 1. The van der Waals surface area contributed by atoms with Gasteiger partial charge >= 0.3 is 0 Å². The van der Waals surface area contributed by atoms with Gasteiger partial charge in [0.2, 0.25) is 0 Å². The molecule has 6 nitrogen and oxygen atoms in total. The molecule has 0 spiro atoms. The molecule has 0 bridgehead atoms. The fourth-order valence-electron chi connectivity index (χ4n) is 4.36. The summed E-state index contributed by atoms with van der Waals surface area (Å²) in [6.45, 7) is 4.39. The van der Waals surface area contributed by atoms with Crippen molar-refractivity contribution < 1.29 is 9.18 Å². The van der Waals surface area contributed by atoms with E-state index in [-0.39, 0.29) is 17.6 Å². The molecule has 1 amide bonds.